The maximum atomic E-state index is 8.44. The second-order valence-corrected chi connectivity index (χ2v) is 2.82. The zero-order valence-electron chi connectivity index (χ0n) is 7.40. The Morgan fingerprint density at radius 1 is 1.08 bits per heavy atom. The molecule has 1 aromatic carbocycles. The van der Waals surface area contributed by atoms with Crippen molar-refractivity contribution in [2.45, 2.75) is 0 Å². The van der Waals surface area contributed by atoms with E-state index in [2.05, 4.69) is 15.9 Å². The van der Waals surface area contributed by atoms with Gasteiger partial charge in [0.2, 0.25) is 0 Å². The van der Waals surface area contributed by atoms with Crippen LogP contribution in [0.15, 0.2) is 34.8 Å². The summed E-state index contributed by atoms with van der Waals surface area (Å²) >= 11 is 0.200. The van der Waals surface area contributed by atoms with Gasteiger partial charge in [0.15, 0.2) is 0 Å². The predicted octanol–water partition coefficient (Wildman–Crippen LogP) is -4.55. The molecule has 0 spiro atoms. The molecule has 0 amide bonds. The maximum absolute atomic E-state index is 8.44. The molecule has 62 valence electrons. The van der Waals surface area contributed by atoms with Crippen LogP contribution < -0.4 is 59.1 Å². The topological polar surface area (TPSA) is 63.2 Å². The molecule has 0 atom stereocenters. The summed E-state index contributed by atoms with van der Waals surface area (Å²) in [6.07, 6.45) is 0. The molecule has 1 rings (SSSR count). The molecule has 0 saturated carbocycles. The van der Waals surface area contributed by atoms with Crippen LogP contribution in [0.5, 0.6) is 0 Å². The van der Waals surface area contributed by atoms with Gasteiger partial charge in [-0.15, -0.1) is 11.4 Å². The van der Waals surface area contributed by atoms with E-state index in [0.29, 0.717) is 0 Å². The summed E-state index contributed by atoms with van der Waals surface area (Å²) in [6.45, 7) is 0. The van der Waals surface area contributed by atoms with Gasteiger partial charge in [-0.25, -0.2) is 0 Å². The summed E-state index contributed by atoms with van der Waals surface area (Å²) in [7, 11) is 0. The quantitative estimate of drug-likeness (QED) is 0.356. The molecule has 0 heterocycles. The minimum atomic E-state index is -3.11. The van der Waals surface area contributed by atoms with Crippen LogP contribution in [0, 0.1) is 0 Å². The third kappa shape index (κ3) is 20.0. The standard InChI is InChI=1S/C6H5Br.2Na.H2O3S/c7-6-4-2-1-3-5-6;;;1-4(2)3/h1-5H;;;(H2,1,2,3)/q;2*+1;/p-2. The number of halogens is 1. The Balaban J connectivity index is -0.000000150. The van der Waals surface area contributed by atoms with Gasteiger partial charge >= 0.3 is 59.1 Å². The van der Waals surface area contributed by atoms with Gasteiger partial charge in [0.25, 0.3) is 0 Å². The van der Waals surface area contributed by atoms with E-state index in [1.165, 1.54) is 0 Å². The Bertz CT molecular complexity index is 218. The summed E-state index contributed by atoms with van der Waals surface area (Å²) < 4.78 is 26.5. The molecule has 7 heteroatoms. The largest absolute Gasteiger partial charge is 1.00 e. The van der Waals surface area contributed by atoms with Gasteiger partial charge in [0, 0.05) is 4.47 Å². The van der Waals surface area contributed by atoms with Crippen molar-refractivity contribution in [3.8, 4) is 0 Å². The fourth-order valence-electron chi connectivity index (χ4n) is 0.415. The van der Waals surface area contributed by atoms with Gasteiger partial charge in [-0.1, -0.05) is 34.1 Å². The maximum Gasteiger partial charge on any atom is 1.00 e. The third-order valence-corrected chi connectivity index (χ3v) is 1.26. The second-order valence-electron chi connectivity index (χ2n) is 1.50. The fourth-order valence-corrected chi connectivity index (χ4v) is 0.720. The summed E-state index contributed by atoms with van der Waals surface area (Å²) in [6, 6.07) is 9.97. The molecule has 13 heavy (non-hydrogen) atoms. The van der Waals surface area contributed by atoms with Crippen molar-refractivity contribution < 1.29 is 72.4 Å². The molecule has 0 aliphatic rings. The third-order valence-electron chi connectivity index (χ3n) is 0.733. The van der Waals surface area contributed by atoms with Crippen molar-refractivity contribution in [2.24, 2.45) is 0 Å². The molecule has 0 aliphatic carbocycles. The summed E-state index contributed by atoms with van der Waals surface area (Å²) in [5, 5.41) is 0. The molecular formula is C6H5BrNa2O3S. The van der Waals surface area contributed by atoms with Crippen molar-refractivity contribution in [3.63, 3.8) is 0 Å². The zero-order valence-corrected chi connectivity index (χ0v) is 13.8. The fraction of sp³-hybridized carbons (Fsp3) is 0. The average molecular weight is 283 g/mol. The van der Waals surface area contributed by atoms with Crippen LogP contribution in [-0.2, 0) is 11.4 Å². The molecule has 1 aromatic rings. The van der Waals surface area contributed by atoms with Crippen LogP contribution in [0.1, 0.15) is 0 Å². The first-order valence-electron chi connectivity index (χ1n) is 2.60. The van der Waals surface area contributed by atoms with Crippen LogP contribution in [0.3, 0.4) is 0 Å². The zero-order chi connectivity index (χ0) is 8.69. The Kier molecular flexibility index (Phi) is 21.4. The molecule has 0 saturated heterocycles. The molecular weight excluding hydrogens is 278 g/mol. The molecule has 3 nitrogen and oxygen atoms in total. The Labute approximate surface area is 133 Å². The van der Waals surface area contributed by atoms with E-state index in [9.17, 15) is 0 Å². The van der Waals surface area contributed by atoms with E-state index in [4.69, 9.17) is 13.3 Å². The minimum Gasteiger partial charge on any atom is -0.784 e. The van der Waals surface area contributed by atoms with Crippen molar-refractivity contribution in [1.82, 2.24) is 0 Å². The van der Waals surface area contributed by atoms with Crippen LogP contribution >= 0.6 is 15.9 Å². The van der Waals surface area contributed by atoms with Crippen molar-refractivity contribution >= 4 is 27.3 Å². The van der Waals surface area contributed by atoms with E-state index in [1.54, 1.807) is 0 Å². The molecule has 0 aromatic heterocycles. The van der Waals surface area contributed by atoms with E-state index in [1.807, 2.05) is 30.3 Å². The van der Waals surface area contributed by atoms with Gasteiger partial charge in [-0.2, -0.15) is 0 Å². The summed E-state index contributed by atoms with van der Waals surface area (Å²) in [5.74, 6) is 0. The molecule has 0 aliphatic heterocycles. The first-order chi connectivity index (χ1) is 5.13. The van der Waals surface area contributed by atoms with Crippen LogP contribution in [0.4, 0.5) is 0 Å². The van der Waals surface area contributed by atoms with Gasteiger partial charge in [0.05, 0.1) is 0 Å². The molecule has 0 fully saturated rings. The number of rotatable bonds is 0. The van der Waals surface area contributed by atoms with E-state index < -0.39 is 11.4 Å². The molecule has 0 N–H and O–H groups in total. The van der Waals surface area contributed by atoms with Gasteiger partial charge in [0.1, 0.15) is 0 Å². The Morgan fingerprint density at radius 2 is 1.38 bits per heavy atom. The van der Waals surface area contributed by atoms with E-state index >= 15 is 0 Å². The molecule has 0 radical (unpaired) electrons. The van der Waals surface area contributed by atoms with E-state index in [-0.39, 0.29) is 59.1 Å². The number of benzene rings is 1. The number of hydrogen-bond acceptors (Lipinski definition) is 3. The molecule has 0 unspecified atom stereocenters. The van der Waals surface area contributed by atoms with Crippen molar-refractivity contribution in [3.05, 3.63) is 34.8 Å². The predicted molar refractivity (Wildman–Crippen MR) is 43.8 cm³/mol. The first kappa shape index (κ1) is 20.2. The van der Waals surface area contributed by atoms with Crippen LogP contribution in [0.2, 0.25) is 0 Å². The number of hydrogen-bond donors (Lipinski definition) is 0. The SMILES string of the molecule is Brc1ccccc1.O=S([O-])[O-].[Na+].[Na+]. The smallest absolute Gasteiger partial charge is 0.784 e. The molecule has 0 bridgehead atoms. The first-order valence-corrected chi connectivity index (χ1v) is 4.39. The Morgan fingerprint density at radius 3 is 1.54 bits per heavy atom. The summed E-state index contributed by atoms with van der Waals surface area (Å²) in [4.78, 5) is 0. The van der Waals surface area contributed by atoms with Crippen molar-refractivity contribution in [1.29, 1.82) is 0 Å². The average Bonchev–Trinajstić information content (AvgIpc) is 1.87. The van der Waals surface area contributed by atoms with Crippen LogP contribution in [0.25, 0.3) is 0 Å². The normalized spacial score (nSPS) is 7.38. The minimum absolute atomic E-state index is 0. The Hall–Kier alpha value is 1.77. The van der Waals surface area contributed by atoms with Gasteiger partial charge in [-0.05, 0) is 12.1 Å². The monoisotopic (exact) mass is 282 g/mol. The van der Waals surface area contributed by atoms with Crippen LogP contribution in [-0.4, -0.2) is 13.3 Å². The van der Waals surface area contributed by atoms with Gasteiger partial charge in [-0.3, -0.25) is 4.21 Å². The van der Waals surface area contributed by atoms with Gasteiger partial charge < -0.3 is 9.11 Å². The van der Waals surface area contributed by atoms with Crippen molar-refractivity contribution in [2.75, 3.05) is 0 Å². The summed E-state index contributed by atoms with van der Waals surface area (Å²) in [5.41, 5.74) is 0. The van der Waals surface area contributed by atoms with E-state index in [0.717, 1.165) is 4.47 Å². The second kappa shape index (κ2) is 13.8.